The molecule has 24 heavy (non-hydrogen) atoms. The maximum Gasteiger partial charge on any atom is 0.255 e. The molecule has 5 nitrogen and oxygen atoms in total. The molecule has 0 heterocycles. The molecule has 128 valence electrons. The molecule has 1 N–H and O–H groups in total. The van der Waals surface area contributed by atoms with Crippen LogP contribution in [0.15, 0.2) is 48.5 Å². The average Bonchev–Trinajstić information content (AvgIpc) is 2.60. The molecule has 0 saturated carbocycles. The highest BCUT2D eigenvalue weighted by Crippen LogP contribution is 2.19. The van der Waals surface area contributed by atoms with E-state index in [9.17, 15) is 4.79 Å². The van der Waals surface area contributed by atoms with Gasteiger partial charge < -0.3 is 19.5 Å². The van der Waals surface area contributed by atoms with Crippen molar-refractivity contribution in [3.8, 4) is 11.5 Å². The first kappa shape index (κ1) is 17.8. The van der Waals surface area contributed by atoms with E-state index in [1.807, 2.05) is 38.1 Å². The number of hydrogen-bond acceptors (Lipinski definition) is 4. The fourth-order valence-corrected chi connectivity index (χ4v) is 2.12. The second-order valence-electron chi connectivity index (χ2n) is 4.99. The summed E-state index contributed by atoms with van der Waals surface area (Å²) in [5.41, 5.74) is 1.22. The van der Waals surface area contributed by atoms with E-state index in [0.29, 0.717) is 49.2 Å². The quantitative estimate of drug-likeness (QED) is 0.712. The Labute approximate surface area is 142 Å². The number of rotatable bonds is 9. The molecule has 0 unspecified atom stereocenters. The minimum absolute atomic E-state index is 0.192. The van der Waals surface area contributed by atoms with Gasteiger partial charge in [0.1, 0.15) is 18.1 Å². The van der Waals surface area contributed by atoms with Crippen molar-refractivity contribution in [2.45, 2.75) is 13.8 Å². The standard InChI is InChI=1S/C19H23NO4/c1-3-22-11-12-24-18-10-6-8-16(14-18)20-19(21)15-7-5-9-17(13-15)23-4-2/h5-10,13-14H,3-4,11-12H2,1-2H3,(H,20,21). The van der Waals surface area contributed by atoms with Crippen LogP contribution in [0.5, 0.6) is 11.5 Å². The molecular weight excluding hydrogens is 306 g/mol. The summed E-state index contributed by atoms with van der Waals surface area (Å²) in [7, 11) is 0. The Bertz CT molecular complexity index is 657. The lowest BCUT2D eigenvalue weighted by Crippen LogP contribution is -2.12. The molecule has 0 saturated heterocycles. The average molecular weight is 329 g/mol. The largest absolute Gasteiger partial charge is 0.494 e. The molecule has 0 bridgehead atoms. The highest BCUT2D eigenvalue weighted by molar-refractivity contribution is 6.04. The van der Waals surface area contributed by atoms with E-state index in [1.165, 1.54) is 0 Å². The number of ether oxygens (including phenoxy) is 3. The predicted octanol–water partition coefficient (Wildman–Crippen LogP) is 3.75. The van der Waals surface area contributed by atoms with Crippen LogP contribution < -0.4 is 14.8 Å². The van der Waals surface area contributed by atoms with Crippen molar-refractivity contribution in [3.05, 3.63) is 54.1 Å². The van der Waals surface area contributed by atoms with Crippen LogP contribution in [0.3, 0.4) is 0 Å². The van der Waals surface area contributed by atoms with Gasteiger partial charge in [-0.1, -0.05) is 12.1 Å². The lowest BCUT2D eigenvalue weighted by molar-refractivity contribution is 0.102. The van der Waals surface area contributed by atoms with Crippen LogP contribution in [0.25, 0.3) is 0 Å². The van der Waals surface area contributed by atoms with Gasteiger partial charge in [-0.2, -0.15) is 0 Å². The summed E-state index contributed by atoms with van der Waals surface area (Å²) in [6.45, 7) is 6.09. The van der Waals surface area contributed by atoms with Gasteiger partial charge in [0.15, 0.2) is 0 Å². The topological polar surface area (TPSA) is 56.8 Å². The molecule has 0 atom stereocenters. The molecule has 0 spiro atoms. The normalized spacial score (nSPS) is 10.2. The van der Waals surface area contributed by atoms with Crippen molar-refractivity contribution in [1.82, 2.24) is 0 Å². The second-order valence-corrected chi connectivity index (χ2v) is 4.99. The number of amides is 1. The van der Waals surface area contributed by atoms with Crippen molar-refractivity contribution in [2.24, 2.45) is 0 Å². The third-order valence-electron chi connectivity index (χ3n) is 3.20. The fraction of sp³-hybridized carbons (Fsp3) is 0.316. The molecule has 0 aromatic heterocycles. The third-order valence-corrected chi connectivity index (χ3v) is 3.20. The zero-order chi connectivity index (χ0) is 17.2. The molecule has 2 aromatic carbocycles. The lowest BCUT2D eigenvalue weighted by atomic mass is 10.2. The number of anilines is 1. The number of benzene rings is 2. The van der Waals surface area contributed by atoms with Crippen LogP contribution in [-0.2, 0) is 4.74 Å². The van der Waals surface area contributed by atoms with Gasteiger partial charge >= 0.3 is 0 Å². The molecule has 0 aliphatic rings. The molecule has 5 heteroatoms. The number of carbonyl (C=O) groups is 1. The Morgan fingerprint density at radius 1 is 0.917 bits per heavy atom. The first-order chi connectivity index (χ1) is 11.7. The van der Waals surface area contributed by atoms with Gasteiger partial charge in [-0.05, 0) is 44.2 Å². The van der Waals surface area contributed by atoms with E-state index in [-0.39, 0.29) is 5.91 Å². The number of hydrogen-bond donors (Lipinski definition) is 1. The van der Waals surface area contributed by atoms with Crippen LogP contribution in [0.1, 0.15) is 24.2 Å². The van der Waals surface area contributed by atoms with Crippen molar-refractivity contribution in [1.29, 1.82) is 0 Å². The summed E-state index contributed by atoms with van der Waals surface area (Å²) >= 11 is 0. The minimum Gasteiger partial charge on any atom is -0.494 e. The fourth-order valence-electron chi connectivity index (χ4n) is 2.12. The molecule has 0 aliphatic carbocycles. The molecule has 0 aliphatic heterocycles. The summed E-state index contributed by atoms with van der Waals surface area (Å²) in [5.74, 6) is 1.18. The molecule has 2 aromatic rings. The zero-order valence-corrected chi connectivity index (χ0v) is 14.1. The van der Waals surface area contributed by atoms with E-state index in [4.69, 9.17) is 14.2 Å². The third kappa shape index (κ3) is 5.59. The Hall–Kier alpha value is -2.53. The smallest absolute Gasteiger partial charge is 0.255 e. The van der Waals surface area contributed by atoms with Crippen LogP contribution in [0.2, 0.25) is 0 Å². The number of carbonyl (C=O) groups excluding carboxylic acids is 1. The van der Waals surface area contributed by atoms with E-state index >= 15 is 0 Å². The molecule has 2 rings (SSSR count). The summed E-state index contributed by atoms with van der Waals surface area (Å²) in [6, 6.07) is 14.4. The highest BCUT2D eigenvalue weighted by atomic mass is 16.5. The molecule has 1 amide bonds. The van der Waals surface area contributed by atoms with Gasteiger partial charge in [0.05, 0.1) is 13.2 Å². The van der Waals surface area contributed by atoms with Gasteiger partial charge in [0, 0.05) is 23.9 Å². The van der Waals surface area contributed by atoms with E-state index in [1.54, 1.807) is 24.3 Å². The van der Waals surface area contributed by atoms with Crippen LogP contribution in [-0.4, -0.2) is 32.3 Å². The number of nitrogens with one attached hydrogen (secondary N) is 1. The van der Waals surface area contributed by atoms with Crippen molar-refractivity contribution >= 4 is 11.6 Å². The Morgan fingerprint density at radius 3 is 2.42 bits per heavy atom. The molecule has 0 radical (unpaired) electrons. The minimum atomic E-state index is -0.192. The van der Waals surface area contributed by atoms with Gasteiger partial charge in [-0.3, -0.25) is 4.79 Å². The Morgan fingerprint density at radius 2 is 1.67 bits per heavy atom. The first-order valence-electron chi connectivity index (χ1n) is 8.07. The van der Waals surface area contributed by atoms with Gasteiger partial charge in [0.25, 0.3) is 5.91 Å². The van der Waals surface area contributed by atoms with Gasteiger partial charge in [-0.25, -0.2) is 0 Å². The molecular formula is C19H23NO4. The lowest BCUT2D eigenvalue weighted by Gasteiger charge is -2.10. The van der Waals surface area contributed by atoms with Crippen molar-refractivity contribution in [2.75, 3.05) is 31.7 Å². The first-order valence-corrected chi connectivity index (χ1v) is 8.07. The van der Waals surface area contributed by atoms with Crippen molar-refractivity contribution in [3.63, 3.8) is 0 Å². The van der Waals surface area contributed by atoms with E-state index in [2.05, 4.69) is 5.32 Å². The summed E-state index contributed by atoms with van der Waals surface area (Å²) in [4.78, 5) is 12.4. The molecule has 0 fully saturated rings. The monoisotopic (exact) mass is 329 g/mol. The highest BCUT2D eigenvalue weighted by Gasteiger charge is 2.08. The second kappa shape index (κ2) is 9.57. The zero-order valence-electron chi connectivity index (χ0n) is 14.1. The van der Waals surface area contributed by atoms with Gasteiger partial charge in [-0.15, -0.1) is 0 Å². The maximum atomic E-state index is 12.4. The SMILES string of the molecule is CCOCCOc1cccc(NC(=O)c2cccc(OCC)c2)c1. The van der Waals surface area contributed by atoms with Crippen molar-refractivity contribution < 1.29 is 19.0 Å². The summed E-state index contributed by atoms with van der Waals surface area (Å²) < 4.78 is 16.2. The van der Waals surface area contributed by atoms with Crippen LogP contribution >= 0.6 is 0 Å². The summed E-state index contributed by atoms with van der Waals surface area (Å²) in [5, 5.41) is 2.86. The van der Waals surface area contributed by atoms with Gasteiger partial charge in [0.2, 0.25) is 0 Å². The van der Waals surface area contributed by atoms with Crippen LogP contribution in [0, 0.1) is 0 Å². The summed E-state index contributed by atoms with van der Waals surface area (Å²) in [6.07, 6.45) is 0. The Kier molecular flexibility index (Phi) is 7.11. The van der Waals surface area contributed by atoms with Crippen LogP contribution in [0.4, 0.5) is 5.69 Å². The maximum absolute atomic E-state index is 12.4. The van der Waals surface area contributed by atoms with E-state index in [0.717, 1.165) is 0 Å². The Balaban J connectivity index is 1.97. The predicted molar refractivity (Wildman–Crippen MR) is 94.0 cm³/mol. The van der Waals surface area contributed by atoms with E-state index < -0.39 is 0 Å².